The molecular weight excluding hydrogens is 158 g/mol. The molecule has 0 aliphatic rings. The fraction of sp³-hybridized carbons (Fsp3) is 0.250. The minimum Gasteiger partial charge on any atom is -0.288 e. The van der Waals surface area contributed by atoms with E-state index in [4.69, 9.17) is 0 Å². The highest BCUT2D eigenvalue weighted by molar-refractivity contribution is 6.10. The van der Waals surface area contributed by atoms with Crippen molar-refractivity contribution in [1.29, 1.82) is 0 Å². The molecule has 1 rings (SSSR count). The lowest BCUT2D eigenvalue weighted by Gasteiger charge is -2.08. The summed E-state index contributed by atoms with van der Waals surface area (Å²) in [6.07, 6.45) is 1.80. The van der Waals surface area contributed by atoms with Crippen LogP contribution in [0.1, 0.15) is 16.7 Å². The van der Waals surface area contributed by atoms with Crippen molar-refractivity contribution >= 4 is 5.71 Å². The molecule has 13 heavy (non-hydrogen) atoms. The van der Waals surface area contributed by atoms with Crippen LogP contribution in [0.15, 0.2) is 35.8 Å². The van der Waals surface area contributed by atoms with Gasteiger partial charge in [0.05, 0.1) is 5.71 Å². The van der Waals surface area contributed by atoms with Crippen molar-refractivity contribution in [3.05, 3.63) is 47.5 Å². The van der Waals surface area contributed by atoms with Crippen LogP contribution in [0, 0.1) is 13.8 Å². The number of hydrogen-bond donors (Lipinski definition) is 0. The zero-order chi connectivity index (χ0) is 9.84. The van der Waals surface area contributed by atoms with Crippen LogP contribution in [0.25, 0.3) is 0 Å². The third-order valence-electron chi connectivity index (χ3n) is 2.17. The molecule has 0 bridgehead atoms. The first-order valence-electron chi connectivity index (χ1n) is 4.36. The Kier molecular flexibility index (Phi) is 3.02. The van der Waals surface area contributed by atoms with Gasteiger partial charge in [0.1, 0.15) is 0 Å². The number of nitrogens with zero attached hydrogens (tertiary/aromatic N) is 1. The third-order valence-corrected chi connectivity index (χ3v) is 2.17. The number of rotatable bonds is 2. The van der Waals surface area contributed by atoms with Crippen LogP contribution in [0.2, 0.25) is 0 Å². The number of allylic oxidation sites excluding steroid dienone is 1. The highest BCUT2D eigenvalue weighted by Crippen LogP contribution is 2.14. The van der Waals surface area contributed by atoms with Gasteiger partial charge in [0.25, 0.3) is 0 Å². The molecule has 0 aromatic heterocycles. The molecular formula is C12H15N. The lowest BCUT2D eigenvalue weighted by atomic mass is 9.98. The van der Waals surface area contributed by atoms with Gasteiger partial charge in [-0.1, -0.05) is 24.8 Å². The average Bonchev–Trinajstić information content (AvgIpc) is 2.11. The van der Waals surface area contributed by atoms with Crippen molar-refractivity contribution < 1.29 is 0 Å². The molecule has 0 radical (unpaired) electrons. The maximum Gasteiger partial charge on any atom is 0.0642 e. The molecule has 1 aromatic rings. The van der Waals surface area contributed by atoms with Gasteiger partial charge >= 0.3 is 0 Å². The molecule has 0 saturated carbocycles. The van der Waals surface area contributed by atoms with Crippen molar-refractivity contribution in [2.75, 3.05) is 7.05 Å². The molecule has 0 atom stereocenters. The summed E-state index contributed by atoms with van der Waals surface area (Å²) in [6, 6.07) is 6.25. The summed E-state index contributed by atoms with van der Waals surface area (Å²) in [7, 11) is 1.79. The van der Waals surface area contributed by atoms with E-state index in [9.17, 15) is 0 Å². The Bertz CT molecular complexity index is 328. The minimum absolute atomic E-state index is 0.968. The molecule has 68 valence electrons. The van der Waals surface area contributed by atoms with Gasteiger partial charge in [-0.15, -0.1) is 0 Å². The molecule has 0 unspecified atom stereocenters. The van der Waals surface area contributed by atoms with Gasteiger partial charge < -0.3 is 0 Å². The minimum atomic E-state index is 0.968. The summed E-state index contributed by atoms with van der Waals surface area (Å²) in [5.41, 5.74) is 4.68. The molecule has 0 amide bonds. The average molecular weight is 173 g/mol. The summed E-state index contributed by atoms with van der Waals surface area (Å²) in [6.45, 7) is 7.95. The van der Waals surface area contributed by atoms with Crippen LogP contribution >= 0.6 is 0 Å². The molecule has 0 heterocycles. The van der Waals surface area contributed by atoms with Crippen LogP contribution in [0.3, 0.4) is 0 Å². The highest BCUT2D eigenvalue weighted by atomic mass is 14.7. The van der Waals surface area contributed by atoms with E-state index >= 15 is 0 Å². The van der Waals surface area contributed by atoms with Gasteiger partial charge in [-0.25, -0.2) is 0 Å². The molecule has 0 aliphatic carbocycles. The summed E-state index contributed by atoms with van der Waals surface area (Å²) in [5, 5.41) is 0. The van der Waals surface area contributed by atoms with Crippen LogP contribution in [-0.4, -0.2) is 12.8 Å². The van der Waals surface area contributed by atoms with Gasteiger partial charge in [0.2, 0.25) is 0 Å². The molecule has 1 nitrogen and oxygen atoms in total. The summed E-state index contributed by atoms with van der Waals surface area (Å²) in [4.78, 5) is 4.20. The van der Waals surface area contributed by atoms with Crippen LogP contribution < -0.4 is 0 Å². The smallest absolute Gasteiger partial charge is 0.0642 e. The quantitative estimate of drug-likeness (QED) is 0.610. The molecule has 0 aliphatic heterocycles. The fourth-order valence-electron chi connectivity index (χ4n) is 1.52. The van der Waals surface area contributed by atoms with E-state index < -0.39 is 0 Å². The summed E-state index contributed by atoms with van der Waals surface area (Å²) >= 11 is 0. The van der Waals surface area contributed by atoms with Crippen molar-refractivity contribution in [3.8, 4) is 0 Å². The van der Waals surface area contributed by atoms with Crippen LogP contribution in [-0.2, 0) is 0 Å². The second-order valence-electron chi connectivity index (χ2n) is 3.08. The normalized spacial score (nSPS) is 11.5. The van der Waals surface area contributed by atoms with E-state index in [1.807, 2.05) is 0 Å². The van der Waals surface area contributed by atoms with E-state index in [-0.39, 0.29) is 0 Å². The third kappa shape index (κ3) is 1.86. The molecule has 0 N–H and O–H groups in total. The first kappa shape index (κ1) is 9.72. The topological polar surface area (TPSA) is 12.4 Å². The van der Waals surface area contributed by atoms with Gasteiger partial charge in [0, 0.05) is 12.6 Å². The van der Waals surface area contributed by atoms with Crippen molar-refractivity contribution in [2.24, 2.45) is 4.99 Å². The Morgan fingerprint density at radius 1 is 1.31 bits per heavy atom. The van der Waals surface area contributed by atoms with Crippen molar-refractivity contribution in [2.45, 2.75) is 13.8 Å². The van der Waals surface area contributed by atoms with Gasteiger partial charge in [-0.05, 0) is 31.1 Å². The maximum absolute atomic E-state index is 4.20. The van der Waals surface area contributed by atoms with Gasteiger partial charge in [-0.2, -0.15) is 0 Å². The van der Waals surface area contributed by atoms with E-state index in [2.05, 4.69) is 43.6 Å². The lowest BCUT2D eigenvalue weighted by Crippen LogP contribution is -2.02. The predicted molar refractivity (Wildman–Crippen MR) is 58.6 cm³/mol. The van der Waals surface area contributed by atoms with Crippen molar-refractivity contribution in [3.63, 3.8) is 0 Å². The second-order valence-corrected chi connectivity index (χ2v) is 3.08. The standard InChI is InChI=1S/C12H15N/c1-5-11(13-4)12-9(2)7-6-8-10(12)3/h5-8H,1H2,2-4H3/b13-11+. The Balaban J connectivity index is 3.35. The Morgan fingerprint density at radius 2 is 1.85 bits per heavy atom. The monoisotopic (exact) mass is 173 g/mol. The molecule has 0 saturated heterocycles. The van der Waals surface area contributed by atoms with E-state index in [1.165, 1.54) is 16.7 Å². The molecule has 0 spiro atoms. The number of hydrogen-bond acceptors (Lipinski definition) is 1. The molecule has 1 aromatic carbocycles. The summed E-state index contributed by atoms with van der Waals surface area (Å²) < 4.78 is 0. The van der Waals surface area contributed by atoms with Gasteiger partial charge in [-0.3, -0.25) is 4.99 Å². The maximum atomic E-state index is 4.20. The first-order valence-corrected chi connectivity index (χ1v) is 4.36. The number of benzene rings is 1. The van der Waals surface area contributed by atoms with Crippen LogP contribution in [0.5, 0.6) is 0 Å². The van der Waals surface area contributed by atoms with Gasteiger partial charge in [0.15, 0.2) is 0 Å². The second kappa shape index (κ2) is 4.04. The zero-order valence-electron chi connectivity index (χ0n) is 8.46. The zero-order valence-corrected chi connectivity index (χ0v) is 8.46. The largest absolute Gasteiger partial charge is 0.288 e. The molecule has 0 fully saturated rings. The molecule has 1 heteroatoms. The Labute approximate surface area is 79.8 Å². The lowest BCUT2D eigenvalue weighted by molar-refractivity contribution is 1.33. The summed E-state index contributed by atoms with van der Waals surface area (Å²) in [5.74, 6) is 0. The van der Waals surface area contributed by atoms with E-state index in [1.54, 1.807) is 13.1 Å². The Morgan fingerprint density at radius 3 is 2.23 bits per heavy atom. The highest BCUT2D eigenvalue weighted by Gasteiger charge is 2.04. The van der Waals surface area contributed by atoms with E-state index in [0.717, 1.165) is 5.71 Å². The SMILES string of the molecule is C=C/C(=N\C)c1c(C)cccc1C. The van der Waals surface area contributed by atoms with E-state index in [0.29, 0.717) is 0 Å². The Hall–Kier alpha value is -1.37. The number of aryl methyl sites for hydroxylation is 2. The fourth-order valence-corrected chi connectivity index (χ4v) is 1.52. The van der Waals surface area contributed by atoms with Crippen molar-refractivity contribution in [1.82, 2.24) is 0 Å². The first-order chi connectivity index (χ1) is 6.20. The number of aliphatic imine (C=N–C) groups is 1. The van der Waals surface area contributed by atoms with Crippen LogP contribution in [0.4, 0.5) is 0 Å². The predicted octanol–water partition coefficient (Wildman–Crippen LogP) is 2.91.